The Kier molecular flexibility index (Phi) is 4.30. The second-order valence-corrected chi connectivity index (χ2v) is 5.36. The highest BCUT2D eigenvalue weighted by atomic mass is 16.6. The summed E-state index contributed by atoms with van der Waals surface area (Å²) in [7, 11) is 3.73. The Bertz CT molecular complexity index is 644. The molecule has 0 saturated carbocycles. The van der Waals surface area contributed by atoms with Crippen LogP contribution < -0.4 is 5.32 Å². The molecule has 0 spiro atoms. The van der Waals surface area contributed by atoms with Crippen LogP contribution in [0.1, 0.15) is 24.7 Å². The first-order valence-corrected chi connectivity index (χ1v) is 6.95. The van der Waals surface area contributed by atoms with Crippen LogP contribution in [0.15, 0.2) is 18.3 Å². The lowest BCUT2D eigenvalue weighted by Crippen LogP contribution is -2.19. The van der Waals surface area contributed by atoms with Crippen molar-refractivity contribution < 1.29 is 4.92 Å². The van der Waals surface area contributed by atoms with Crippen molar-refractivity contribution in [3.63, 3.8) is 0 Å². The average Bonchev–Trinajstić information content (AvgIpc) is 2.91. The molecule has 0 aliphatic heterocycles. The quantitative estimate of drug-likeness (QED) is 0.655. The monoisotopic (exact) mass is 291 g/mol. The molecule has 0 radical (unpaired) electrons. The van der Waals surface area contributed by atoms with Crippen LogP contribution in [0.25, 0.3) is 0 Å². The fourth-order valence-corrected chi connectivity index (χ4v) is 2.45. The summed E-state index contributed by atoms with van der Waals surface area (Å²) in [5.41, 5.74) is 1.74. The molecule has 0 aromatic carbocycles. The minimum Gasteiger partial charge on any atom is -0.362 e. The van der Waals surface area contributed by atoms with Crippen LogP contribution in [0.4, 0.5) is 11.5 Å². The molecule has 0 bridgehead atoms. The Labute approximate surface area is 123 Å². The zero-order valence-corrected chi connectivity index (χ0v) is 12.8. The molecule has 0 saturated heterocycles. The number of nitrogens with one attached hydrogen (secondary N) is 1. The minimum absolute atomic E-state index is 0.0585. The standard InChI is InChI=1S/C14H21N5O2/c1-10(7-8-12-6-5-9-17(12)3)15-14-13(19(20)21)11(2)16-18(14)4/h5-6,9-10,15H,7-8H2,1-4H3/t10-/m1/s1. The molecule has 0 fully saturated rings. The minimum atomic E-state index is -0.380. The summed E-state index contributed by atoms with van der Waals surface area (Å²) in [6.07, 6.45) is 3.82. The van der Waals surface area contributed by atoms with Gasteiger partial charge in [-0.25, -0.2) is 4.68 Å². The summed E-state index contributed by atoms with van der Waals surface area (Å²) < 4.78 is 3.62. The summed E-state index contributed by atoms with van der Waals surface area (Å²) >= 11 is 0. The van der Waals surface area contributed by atoms with Gasteiger partial charge >= 0.3 is 5.69 Å². The zero-order chi connectivity index (χ0) is 15.6. The number of aryl methyl sites for hydroxylation is 4. The Balaban J connectivity index is 2.04. The third-order valence-corrected chi connectivity index (χ3v) is 3.64. The molecule has 0 aliphatic carbocycles. The van der Waals surface area contributed by atoms with Crippen LogP contribution in [-0.2, 0) is 20.5 Å². The van der Waals surface area contributed by atoms with Crippen molar-refractivity contribution in [2.45, 2.75) is 32.7 Å². The predicted octanol–water partition coefficient (Wildman–Crippen LogP) is 2.41. The van der Waals surface area contributed by atoms with Crippen LogP contribution in [0.5, 0.6) is 0 Å². The predicted molar refractivity (Wildman–Crippen MR) is 81.4 cm³/mol. The first-order chi connectivity index (χ1) is 9.90. The Morgan fingerprint density at radius 2 is 2.19 bits per heavy atom. The van der Waals surface area contributed by atoms with E-state index in [2.05, 4.69) is 21.0 Å². The van der Waals surface area contributed by atoms with Crippen LogP contribution in [0, 0.1) is 17.0 Å². The fraction of sp³-hybridized carbons (Fsp3) is 0.500. The molecule has 2 aromatic heterocycles. The van der Waals surface area contributed by atoms with E-state index in [-0.39, 0.29) is 16.7 Å². The van der Waals surface area contributed by atoms with Crippen molar-refractivity contribution in [1.82, 2.24) is 14.3 Å². The first-order valence-electron chi connectivity index (χ1n) is 6.95. The molecule has 1 N–H and O–H groups in total. The molecule has 0 unspecified atom stereocenters. The fourth-order valence-electron chi connectivity index (χ4n) is 2.45. The van der Waals surface area contributed by atoms with E-state index in [0.29, 0.717) is 11.5 Å². The van der Waals surface area contributed by atoms with Crippen molar-refractivity contribution in [3.8, 4) is 0 Å². The van der Waals surface area contributed by atoms with Crippen LogP contribution >= 0.6 is 0 Å². The van der Waals surface area contributed by atoms with E-state index in [4.69, 9.17) is 0 Å². The van der Waals surface area contributed by atoms with E-state index in [1.54, 1.807) is 14.0 Å². The van der Waals surface area contributed by atoms with E-state index in [1.807, 2.05) is 26.2 Å². The van der Waals surface area contributed by atoms with E-state index < -0.39 is 0 Å². The van der Waals surface area contributed by atoms with Gasteiger partial charge in [-0.2, -0.15) is 5.10 Å². The second kappa shape index (κ2) is 5.99. The van der Waals surface area contributed by atoms with Crippen molar-refractivity contribution in [3.05, 3.63) is 39.8 Å². The van der Waals surface area contributed by atoms with Gasteiger partial charge < -0.3 is 9.88 Å². The highest BCUT2D eigenvalue weighted by Gasteiger charge is 2.24. The Hall–Kier alpha value is -2.31. The van der Waals surface area contributed by atoms with Gasteiger partial charge in [-0.05, 0) is 38.8 Å². The number of nitro groups is 1. The van der Waals surface area contributed by atoms with Crippen LogP contribution in [0.3, 0.4) is 0 Å². The number of rotatable bonds is 6. The van der Waals surface area contributed by atoms with Crippen molar-refractivity contribution in [2.75, 3.05) is 5.32 Å². The van der Waals surface area contributed by atoms with Gasteiger partial charge in [0.15, 0.2) is 0 Å². The molecule has 21 heavy (non-hydrogen) atoms. The van der Waals surface area contributed by atoms with Gasteiger partial charge in [-0.3, -0.25) is 10.1 Å². The normalized spacial score (nSPS) is 12.4. The summed E-state index contributed by atoms with van der Waals surface area (Å²) in [5, 5.41) is 18.5. The molecule has 7 heteroatoms. The molecular weight excluding hydrogens is 270 g/mol. The first kappa shape index (κ1) is 15.1. The highest BCUT2D eigenvalue weighted by Crippen LogP contribution is 2.28. The molecule has 2 rings (SSSR count). The van der Waals surface area contributed by atoms with Gasteiger partial charge in [0.05, 0.1) is 4.92 Å². The topological polar surface area (TPSA) is 77.9 Å². The smallest absolute Gasteiger partial charge is 0.333 e. The second-order valence-electron chi connectivity index (χ2n) is 5.36. The van der Waals surface area contributed by atoms with Crippen molar-refractivity contribution in [2.24, 2.45) is 14.1 Å². The molecular formula is C14H21N5O2. The van der Waals surface area contributed by atoms with E-state index >= 15 is 0 Å². The van der Waals surface area contributed by atoms with E-state index in [9.17, 15) is 10.1 Å². The van der Waals surface area contributed by atoms with Crippen LogP contribution in [0.2, 0.25) is 0 Å². The van der Waals surface area contributed by atoms with Gasteiger partial charge in [0, 0.05) is 32.0 Å². The van der Waals surface area contributed by atoms with Gasteiger partial charge in [0.1, 0.15) is 5.69 Å². The van der Waals surface area contributed by atoms with Gasteiger partial charge in [0.25, 0.3) is 0 Å². The number of anilines is 1. The number of hydrogen-bond donors (Lipinski definition) is 1. The third kappa shape index (κ3) is 3.24. The summed E-state index contributed by atoms with van der Waals surface area (Å²) in [6.45, 7) is 3.67. The van der Waals surface area contributed by atoms with E-state index in [0.717, 1.165) is 12.8 Å². The van der Waals surface area contributed by atoms with Crippen LogP contribution in [-0.4, -0.2) is 25.3 Å². The lowest BCUT2D eigenvalue weighted by atomic mass is 10.1. The Morgan fingerprint density at radius 3 is 2.76 bits per heavy atom. The number of hydrogen-bond acceptors (Lipinski definition) is 4. The number of nitrogens with zero attached hydrogens (tertiary/aromatic N) is 4. The summed E-state index contributed by atoms with van der Waals surface area (Å²) in [6, 6.07) is 4.22. The lowest BCUT2D eigenvalue weighted by molar-refractivity contribution is -0.384. The molecule has 7 nitrogen and oxygen atoms in total. The molecule has 1 atom stereocenters. The van der Waals surface area contributed by atoms with Gasteiger partial charge in [-0.15, -0.1) is 0 Å². The van der Waals surface area contributed by atoms with Crippen molar-refractivity contribution in [1.29, 1.82) is 0 Å². The largest absolute Gasteiger partial charge is 0.362 e. The molecule has 2 aromatic rings. The summed E-state index contributed by atoms with van der Waals surface area (Å²) in [5.74, 6) is 0.469. The number of aromatic nitrogens is 3. The SMILES string of the molecule is Cc1nn(C)c(N[C@H](C)CCc2cccn2C)c1[N+](=O)[O-]. The molecule has 114 valence electrons. The molecule has 0 amide bonds. The zero-order valence-electron chi connectivity index (χ0n) is 12.8. The average molecular weight is 291 g/mol. The Morgan fingerprint density at radius 1 is 1.48 bits per heavy atom. The van der Waals surface area contributed by atoms with Crippen molar-refractivity contribution >= 4 is 11.5 Å². The maximum atomic E-state index is 11.1. The maximum Gasteiger partial charge on any atom is 0.333 e. The molecule has 2 heterocycles. The van der Waals surface area contributed by atoms with Gasteiger partial charge in [-0.1, -0.05) is 0 Å². The van der Waals surface area contributed by atoms with E-state index in [1.165, 1.54) is 10.4 Å². The maximum absolute atomic E-state index is 11.1. The molecule has 0 aliphatic rings. The lowest BCUT2D eigenvalue weighted by Gasteiger charge is -2.15. The summed E-state index contributed by atoms with van der Waals surface area (Å²) in [4.78, 5) is 10.8. The third-order valence-electron chi connectivity index (χ3n) is 3.64. The highest BCUT2D eigenvalue weighted by molar-refractivity contribution is 5.59. The van der Waals surface area contributed by atoms with Gasteiger partial charge in [0.2, 0.25) is 5.82 Å².